The minimum Gasteiger partial charge on any atom is -0.342 e. The Morgan fingerprint density at radius 2 is 1.88 bits per heavy atom. The molecule has 3 rings (SSSR count). The van der Waals surface area contributed by atoms with Gasteiger partial charge >= 0.3 is 0 Å². The average molecular weight is 236 g/mol. The van der Waals surface area contributed by atoms with E-state index in [0.717, 1.165) is 37.9 Å². The second kappa shape index (κ2) is 4.60. The molecule has 17 heavy (non-hydrogen) atoms. The SMILES string of the molecule is CC1NCCC1C(=O)N1CC2CCCC(C2)C1. The molecule has 0 spiro atoms. The van der Waals surface area contributed by atoms with Gasteiger partial charge in [-0.05, 0) is 51.0 Å². The van der Waals surface area contributed by atoms with E-state index >= 15 is 0 Å². The lowest BCUT2D eigenvalue weighted by atomic mass is 9.77. The maximum absolute atomic E-state index is 12.5. The molecule has 2 heterocycles. The molecule has 3 heteroatoms. The van der Waals surface area contributed by atoms with Crippen molar-refractivity contribution in [3.05, 3.63) is 0 Å². The number of amides is 1. The van der Waals surface area contributed by atoms with Crippen LogP contribution in [-0.2, 0) is 4.79 Å². The average Bonchev–Trinajstić information content (AvgIpc) is 2.74. The molecule has 1 amide bonds. The lowest BCUT2D eigenvalue weighted by Crippen LogP contribution is -2.49. The first-order valence-corrected chi connectivity index (χ1v) is 7.26. The van der Waals surface area contributed by atoms with Crippen LogP contribution in [0.5, 0.6) is 0 Å². The van der Waals surface area contributed by atoms with Crippen LogP contribution in [0.2, 0.25) is 0 Å². The number of rotatable bonds is 1. The van der Waals surface area contributed by atoms with Gasteiger partial charge in [0.05, 0.1) is 5.92 Å². The van der Waals surface area contributed by atoms with E-state index in [4.69, 9.17) is 0 Å². The Morgan fingerprint density at radius 3 is 2.47 bits per heavy atom. The summed E-state index contributed by atoms with van der Waals surface area (Å²) in [5.41, 5.74) is 0. The number of likely N-dealkylation sites (tertiary alicyclic amines) is 1. The molecule has 4 atom stereocenters. The van der Waals surface area contributed by atoms with Crippen LogP contribution < -0.4 is 5.32 Å². The Balaban J connectivity index is 1.65. The highest BCUT2D eigenvalue weighted by molar-refractivity contribution is 5.80. The molecule has 2 saturated heterocycles. The van der Waals surface area contributed by atoms with Crippen molar-refractivity contribution < 1.29 is 4.79 Å². The standard InChI is InChI=1S/C14H24N2O/c1-10-13(5-6-15-10)14(17)16-8-11-3-2-4-12(7-11)9-16/h10-13,15H,2-9H2,1H3. The number of hydrogen-bond acceptors (Lipinski definition) is 2. The minimum absolute atomic E-state index is 0.244. The van der Waals surface area contributed by atoms with E-state index in [1.54, 1.807) is 0 Å². The number of carbonyl (C=O) groups excluding carboxylic acids is 1. The molecule has 4 unspecified atom stereocenters. The van der Waals surface area contributed by atoms with Gasteiger partial charge in [0.25, 0.3) is 0 Å². The zero-order valence-electron chi connectivity index (χ0n) is 10.8. The smallest absolute Gasteiger partial charge is 0.227 e. The molecule has 2 bridgehead atoms. The maximum atomic E-state index is 12.5. The summed E-state index contributed by atoms with van der Waals surface area (Å²) in [6.45, 7) is 5.25. The number of fused-ring (bicyclic) bond motifs is 2. The van der Waals surface area contributed by atoms with Crippen LogP contribution in [0, 0.1) is 17.8 Å². The summed E-state index contributed by atoms with van der Waals surface area (Å²) in [7, 11) is 0. The van der Waals surface area contributed by atoms with Gasteiger partial charge in [-0.15, -0.1) is 0 Å². The van der Waals surface area contributed by atoms with Crippen molar-refractivity contribution in [3.8, 4) is 0 Å². The summed E-state index contributed by atoms with van der Waals surface area (Å²) < 4.78 is 0. The fourth-order valence-electron chi connectivity index (χ4n) is 4.04. The van der Waals surface area contributed by atoms with Crippen molar-refractivity contribution in [1.29, 1.82) is 0 Å². The summed E-state index contributed by atoms with van der Waals surface area (Å²) in [4.78, 5) is 14.7. The molecule has 3 nitrogen and oxygen atoms in total. The van der Waals surface area contributed by atoms with Gasteiger partial charge in [-0.3, -0.25) is 4.79 Å². The van der Waals surface area contributed by atoms with Crippen molar-refractivity contribution in [1.82, 2.24) is 10.2 Å². The quantitative estimate of drug-likeness (QED) is 0.750. The highest BCUT2D eigenvalue weighted by Crippen LogP contribution is 2.35. The van der Waals surface area contributed by atoms with Gasteiger partial charge in [0, 0.05) is 19.1 Å². The normalized spacial score (nSPS) is 41.6. The van der Waals surface area contributed by atoms with Crippen molar-refractivity contribution in [2.75, 3.05) is 19.6 Å². The molecule has 3 aliphatic rings. The van der Waals surface area contributed by atoms with Gasteiger partial charge in [0.15, 0.2) is 0 Å². The first-order valence-electron chi connectivity index (χ1n) is 7.26. The fraction of sp³-hybridized carbons (Fsp3) is 0.929. The van der Waals surface area contributed by atoms with E-state index in [9.17, 15) is 4.79 Å². The fourth-order valence-corrected chi connectivity index (χ4v) is 4.04. The molecular formula is C14H24N2O. The lowest BCUT2D eigenvalue weighted by molar-refractivity contribution is -0.139. The van der Waals surface area contributed by atoms with E-state index in [-0.39, 0.29) is 5.92 Å². The number of nitrogens with zero attached hydrogens (tertiary/aromatic N) is 1. The summed E-state index contributed by atoms with van der Waals surface area (Å²) in [5.74, 6) is 2.28. The van der Waals surface area contributed by atoms with Crippen molar-refractivity contribution >= 4 is 5.91 Å². The molecule has 1 N–H and O–H groups in total. The molecule has 0 aromatic carbocycles. The minimum atomic E-state index is 0.244. The predicted octanol–water partition coefficient (Wildman–Crippen LogP) is 1.63. The van der Waals surface area contributed by atoms with Gasteiger partial charge in [0.1, 0.15) is 0 Å². The second-order valence-electron chi connectivity index (χ2n) is 6.28. The third kappa shape index (κ3) is 2.22. The second-order valence-corrected chi connectivity index (χ2v) is 6.28. The van der Waals surface area contributed by atoms with Crippen LogP contribution in [0.4, 0.5) is 0 Å². The first kappa shape index (κ1) is 11.5. The number of hydrogen-bond donors (Lipinski definition) is 1. The molecule has 3 fully saturated rings. The summed E-state index contributed by atoms with van der Waals surface area (Å²) >= 11 is 0. The predicted molar refractivity (Wildman–Crippen MR) is 67.6 cm³/mol. The van der Waals surface area contributed by atoms with Crippen LogP contribution in [0.15, 0.2) is 0 Å². The van der Waals surface area contributed by atoms with Crippen LogP contribution >= 0.6 is 0 Å². The Hall–Kier alpha value is -0.570. The summed E-state index contributed by atoms with van der Waals surface area (Å²) in [5, 5.41) is 3.39. The van der Waals surface area contributed by atoms with Gasteiger partial charge in [0.2, 0.25) is 5.91 Å². The zero-order chi connectivity index (χ0) is 11.8. The largest absolute Gasteiger partial charge is 0.342 e. The van der Waals surface area contributed by atoms with Crippen LogP contribution in [0.3, 0.4) is 0 Å². The molecule has 96 valence electrons. The van der Waals surface area contributed by atoms with Crippen LogP contribution in [0.25, 0.3) is 0 Å². The lowest BCUT2D eigenvalue weighted by Gasteiger charge is -2.42. The van der Waals surface area contributed by atoms with E-state index in [0.29, 0.717) is 11.9 Å². The van der Waals surface area contributed by atoms with Crippen LogP contribution in [0.1, 0.15) is 39.0 Å². The third-order valence-electron chi connectivity index (χ3n) is 5.00. The Bertz CT molecular complexity index is 293. The monoisotopic (exact) mass is 236 g/mol. The Labute approximate surface area is 104 Å². The molecular weight excluding hydrogens is 212 g/mol. The molecule has 1 aliphatic carbocycles. The van der Waals surface area contributed by atoms with Crippen molar-refractivity contribution in [2.24, 2.45) is 17.8 Å². The van der Waals surface area contributed by atoms with Gasteiger partial charge < -0.3 is 10.2 Å². The van der Waals surface area contributed by atoms with Gasteiger partial charge in [-0.25, -0.2) is 0 Å². The first-order chi connectivity index (χ1) is 8.24. The van der Waals surface area contributed by atoms with Gasteiger partial charge in [-0.1, -0.05) is 6.42 Å². The van der Waals surface area contributed by atoms with E-state index in [2.05, 4.69) is 17.1 Å². The number of nitrogens with one attached hydrogen (secondary N) is 1. The van der Waals surface area contributed by atoms with E-state index < -0.39 is 0 Å². The van der Waals surface area contributed by atoms with E-state index in [1.807, 2.05) is 0 Å². The molecule has 2 aliphatic heterocycles. The molecule has 1 saturated carbocycles. The highest BCUT2D eigenvalue weighted by atomic mass is 16.2. The van der Waals surface area contributed by atoms with Crippen molar-refractivity contribution in [3.63, 3.8) is 0 Å². The Morgan fingerprint density at radius 1 is 1.18 bits per heavy atom. The summed E-state index contributed by atoms with van der Waals surface area (Å²) in [6, 6.07) is 0.379. The van der Waals surface area contributed by atoms with Crippen LogP contribution in [-0.4, -0.2) is 36.5 Å². The Kier molecular flexibility index (Phi) is 3.12. The molecule has 0 aromatic rings. The maximum Gasteiger partial charge on any atom is 0.227 e. The third-order valence-corrected chi connectivity index (χ3v) is 5.00. The number of carbonyl (C=O) groups is 1. The molecule has 0 aromatic heterocycles. The summed E-state index contributed by atoms with van der Waals surface area (Å²) in [6.07, 6.45) is 6.49. The molecule has 0 radical (unpaired) electrons. The number of piperidine rings is 1. The van der Waals surface area contributed by atoms with Gasteiger partial charge in [-0.2, -0.15) is 0 Å². The highest BCUT2D eigenvalue weighted by Gasteiger charge is 2.37. The van der Waals surface area contributed by atoms with Crippen molar-refractivity contribution in [2.45, 2.75) is 45.1 Å². The topological polar surface area (TPSA) is 32.3 Å². The zero-order valence-corrected chi connectivity index (χ0v) is 10.8. The van der Waals surface area contributed by atoms with E-state index in [1.165, 1.54) is 25.7 Å².